The van der Waals surface area contributed by atoms with Crippen molar-refractivity contribution in [1.82, 2.24) is 0 Å². The summed E-state index contributed by atoms with van der Waals surface area (Å²) in [6, 6.07) is 50.8. The van der Waals surface area contributed by atoms with Gasteiger partial charge in [0.25, 0.3) is 0 Å². The molecule has 7 aromatic rings. The minimum atomic E-state index is 1.25. The summed E-state index contributed by atoms with van der Waals surface area (Å²) in [5.74, 6) is 0. The predicted molar refractivity (Wildman–Crippen MR) is 160 cm³/mol. The van der Waals surface area contributed by atoms with Crippen molar-refractivity contribution >= 4 is 32.3 Å². The monoisotopic (exact) mass is 470 g/mol. The lowest BCUT2D eigenvalue weighted by molar-refractivity contribution is 1.47. The first kappa shape index (κ1) is 21.6. The van der Waals surface area contributed by atoms with Gasteiger partial charge in [-0.25, -0.2) is 0 Å². The highest BCUT2D eigenvalue weighted by Crippen LogP contribution is 2.45. The van der Waals surface area contributed by atoms with Gasteiger partial charge in [-0.15, -0.1) is 0 Å². The summed E-state index contributed by atoms with van der Waals surface area (Å²) >= 11 is 0. The molecular weight excluding hydrogens is 444 g/mol. The second-order valence-corrected chi connectivity index (χ2v) is 9.76. The Balaban J connectivity index is 1.59. The SMILES string of the molecule is Cc1ccccc1-c1c2ccccc2c(-c2ccc3cccc(-c4ccccc4)c3c2)c2ccccc12. The molecule has 0 bridgehead atoms. The topological polar surface area (TPSA) is 0 Å². The van der Waals surface area contributed by atoms with Crippen LogP contribution >= 0.6 is 0 Å². The fourth-order valence-electron chi connectivity index (χ4n) is 5.88. The van der Waals surface area contributed by atoms with Gasteiger partial charge in [-0.2, -0.15) is 0 Å². The summed E-state index contributed by atoms with van der Waals surface area (Å²) < 4.78 is 0. The minimum Gasteiger partial charge on any atom is -0.0622 e. The van der Waals surface area contributed by atoms with E-state index in [1.807, 2.05) is 0 Å². The lowest BCUT2D eigenvalue weighted by Gasteiger charge is -2.19. The van der Waals surface area contributed by atoms with Crippen molar-refractivity contribution in [1.29, 1.82) is 0 Å². The summed E-state index contributed by atoms with van der Waals surface area (Å²) in [7, 11) is 0. The normalized spacial score (nSPS) is 11.4. The minimum absolute atomic E-state index is 1.25. The first-order valence-electron chi connectivity index (χ1n) is 12.9. The Bertz CT molecular complexity index is 1870. The van der Waals surface area contributed by atoms with Gasteiger partial charge in [0.1, 0.15) is 0 Å². The van der Waals surface area contributed by atoms with E-state index in [9.17, 15) is 0 Å². The molecule has 0 heteroatoms. The van der Waals surface area contributed by atoms with Crippen molar-refractivity contribution in [3.05, 3.63) is 145 Å². The summed E-state index contributed by atoms with van der Waals surface area (Å²) in [5, 5.41) is 7.70. The number of benzene rings is 7. The molecule has 0 aliphatic carbocycles. The number of aryl methyl sites for hydroxylation is 1. The van der Waals surface area contributed by atoms with Crippen LogP contribution in [0.2, 0.25) is 0 Å². The summed E-state index contributed by atoms with van der Waals surface area (Å²) in [6.45, 7) is 2.21. The molecule has 0 saturated carbocycles. The van der Waals surface area contributed by atoms with Gasteiger partial charge in [0, 0.05) is 0 Å². The van der Waals surface area contributed by atoms with Crippen LogP contribution in [0.3, 0.4) is 0 Å². The van der Waals surface area contributed by atoms with Crippen molar-refractivity contribution in [2.24, 2.45) is 0 Å². The summed E-state index contributed by atoms with van der Waals surface area (Å²) in [5.41, 5.74) is 8.97. The quantitative estimate of drug-likeness (QED) is 0.225. The molecule has 37 heavy (non-hydrogen) atoms. The van der Waals surface area contributed by atoms with Crippen LogP contribution in [0.15, 0.2) is 140 Å². The number of rotatable bonds is 3. The van der Waals surface area contributed by atoms with Gasteiger partial charge in [-0.05, 0) is 84.3 Å². The fraction of sp³-hybridized carbons (Fsp3) is 0.0270. The molecule has 0 nitrogen and oxygen atoms in total. The van der Waals surface area contributed by atoms with Crippen molar-refractivity contribution in [2.75, 3.05) is 0 Å². The average molecular weight is 471 g/mol. The second-order valence-electron chi connectivity index (χ2n) is 9.76. The largest absolute Gasteiger partial charge is 0.0622 e. The lowest BCUT2D eigenvalue weighted by Crippen LogP contribution is -1.92. The van der Waals surface area contributed by atoms with E-state index in [1.165, 1.54) is 71.3 Å². The van der Waals surface area contributed by atoms with E-state index in [0.717, 1.165) is 0 Å². The Morgan fingerprint density at radius 2 is 0.919 bits per heavy atom. The molecule has 0 atom stereocenters. The molecule has 0 spiro atoms. The molecule has 0 amide bonds. The van der Waals surface area contributed by atoms with Crippen molar-refractivity contribution in [3.8, 4) is 33.4 Å². The average Bonchev–Trinajstić information content (AvgIpc) is 2.96. The Hall–Kier alpha value is -4.68. The van der Waals surface area contributed by atoms with Crippen LogP contribution in [-0.4, -0.2) is 0 Å². The highest BCUT2D eigenvalue weighted by molar-refractivity contribution is 6.22. The molecule has 0 aliphatic rings. The van der Waals surface area contributed by atoms with Gasteiger partial charge in [-0.1, -0.05) is 133 Å². The van der Waals surface area contributed by atoms with Crippen LogP contribution in [0.4, 0.5) is 0 Å². The molecule has 0 unspecified atom stereocenters. The Labute approximate surface area is 217 Å². The Morgan fingerprint density at radius 1 is 0.351 bits per heavy atom. The molecule has 174 valence electrons. The van der Waals surface area contributed by atoms with E-state index in [4.69, 9.17) is 0 Å². The van der Waals surface area contributed by atoms with Crippen LogP contribution in [0.25, 0.3) is 65.7 Å². The zero-order valence-electron chi connectivity index (χ0n) is 20.8. The van der Waals surface area contributed by atoms with Crippen LogP contribution in [-0.2, 0) is 0 Å². The van der Waals surface area contributed by atoms with Crippen LogP contribution in [0, 0.1) is 6.92 Å². The van der Waals surface area contributed by atoms with Crippen LogP contribution in [0.5, 0.6) is 0 Å². The van der Waals surface area contributed by atoms with Gasteiger partial charge in [0.05, 0.1) is 0 Å². The maximum Gasteiger partial charge on any atom is -0.00237 e. The smallest absolute Gasteiger partial charge is 0.00237 e. The Kier molecular flexibility index (Phi) is 5.11. The van der Waals surface area contributed by atoms with E-state index in [1.54, 1.807) is 0 Å². The molecular formula is C37H26. The zero-order valence-corrected chi connectivity index (χ0v) is 20.8. The van der Waals surface area contributed by atoms with Gasteiger partial charge in [0.2, 0.25) is 0 Å². The van der Waals surface area contributed by atoms with Crippen LogP contribution in [0.1, 0.15) is 5.56 Å². The van der Waals surface area contributed by atoms with E-state index in [-0.39, 0.29) is 0 Å². The van der Waals surface area contributed by atoms with E-state index < -0.39 is 0 Å². The molecule has 0 heterocycles. The van der Waals surface area contributed by atoms with Crippen molar-refractivity contribution in [3.63, 3.8) is 0 Å². The van der Waals surface area contributed by atoms with E-state index >= 15 is 0 Å². The molecule has 0 radical (unpaired) electrons. The van der Waals surface area contributed by atoms with Crippen molar-refractivity contribution < 1.29 is 0 Å². The highest BCUT2D eigenvalue weighted by Gasteiger charge is 2.17. The molecule has 0 aromatic heterocycles. The standard InChI is InChI=1S/C37H26/c1-25-12-5-6-16-29(25)37-33-19-9-7-17-31(33)36(32-18-8-10-20-34(32)37)28-23-22-27-15-11-21-30(35(27)24-28)26-13-3-2-4-14-26/h2-24H,1H3. The number of hydrogen-bond acceptors (Lipinski definition) is 0. The summed E-state index contributed by atoms with van der Waals surface area (Å²) in [4.78, 5) is 0. The molecule has 0 saturated heterocycles. The van der Waals surface area contributed by atoms with Gasteiger partial charge in [-0.3, -0.25) is 0 Å². The van der Waals surface area contributed by atoms with Gasteiger partial charge in [0.15, 0.2) is 0 Å². The third-order valence-electron chi connectivity index (χ3n) is 7.60. The van der Waals surface area contributed by atoms with Crippen LogP contribution < -0.4 is 0 Å². The maximum atomic E-state index is 2.39. The third kappa shape index (κ3) is 3.53. The van der Waals surface area contributed by atoms with Crippen molar-refractivity contribution in [2.45, 2.75) is 6.92 Å². The highest BCUT2D eigenvalue weighted by atomic mass is 14.2. The number of hydrogen-bond donors (Lipinski definition) is 0. The van der Waals surface area contributed by atoms with Gasteiger partial charge >= 0.3 is 0 Å². The Morgan fingerprint density at radius 3 is 1.59 bits per heavy atom. The first-order chi connectivity index (χ1) is 18.3. The predicted octanol–water partition coefficient (Wildman–Crippen LogP) is 10.5. The third-order valence-corrected chi connectivity index (χ3v) is 7.60. The molecule has 7 rings (SSSR count). The molecule has 7 aromatic carbocycles. The zero-order chi connectivity index (χ0) is 24.8. The molecule has 0 N–H and O–H groups in total. The fourth-order valence-corrected chi connectivity index (χ4v) is 5.88. The second kappa shape index (κ2) is 8.76. The molecule has 0 fully saturated rings. The van der Waals surface area contributed by atoms with E-state index in [2.05, 4.69) is 146 Å². The van der Waals surface area contributed by atoms with Gasteiger partial charge < -0.3 is 0 Å². The number of fused-ring (bicyclic) bond motifs is 3. The molecule has 0 aliphatic heterocycles. The lowest BCUT2D eigenvalue weighted by atomic mass is 9.84. The first-order valence-corrected chi connectivity index (χ1v) is 12.9. The summed E-state index contributed by atoms with van der Waals surface area (Å²) in [6.07, 6.45) is 0. The van der Waals surface area contributed by atoms with E-state index in [0.29, 0.717) is 0 Å². The maximum absolute atomic E-state index is 2.39.